The van der Waals surface area contributed by atoms with Crippen molar-refractivity contribution in [2.45, 2.75) is 106 Å². The molecule has 0 aliphatic carbocycles. The van der Waals surface area contributed by atoms with E-state index in [1.807, 2.05) is 24.1 Å². The molecule has 0 rings (SSSR count). The van der Waals surface area contributed by atoms with Crippen LogP contribution in [0.2, 0.25) is 0 Å². The Bertz CT molecular complexity index is 483. The van der Waals surface area contributed by atoms with Crippen molar-refractivity contribution in [3.05, 3.63) is 23.8 Å². The molecule has 0 aromatic rings. The lowest BCUT2D eigenvalue weighted by atomic mass is 9.76. The summed E-state index contributed by atoms with van der Waals surface area (Å²) in [6, 6.07) is 0. The van der Waals surface area contributed by atoms with Crippen LogP contribution >= 0.6 is 0 Å². The summed E-state index contributed by atoms with van der Waals surface area (Å²) < 4.78 is 6.23. The molecule has 0 aromatic carbocycles. The molecule has 0 bridgehead atoms. The van der Waals surface area contributed by atoms with Gasteiger partial charge in [0.05, 0.1) is 6.61 Å². The van der Waals surface area contributed by atoms with Crippen molar-refractivity contribution in [3.63, 3.8) is 0 Å². The Kier molecular flexibility index (Phi) is 17.7. The van der Waals surface area contributed by atoms with E-state index < -0.39 is 0 Å². The number of aliphatic hydroxyl groups excluding tert-OH is 2. The number of hydrogen-bond acceptors (Lipinski definition) is 4. The van der Waals surface area contributed by atoms with Gasteiger partial charge in [-0.25, -0.2) is 0 Å². The third-order valence-corrected chi connectivity index (χ3v) is 6.33. The maximum atomic E-state index is 10.5. The fourth-order valence-electron chi connectivity index (χ4n) is 4.44. The normalized spacial score (nSPS) is 15.8. The van der Waals surface area contributed by atoms with Crippen LogP contribution in [0.15, 0.2) is 23.8 Å². The highest BCUT2D eigenvalue weighted by molar-refractivity contribution is 5.04. The number of ether oxygens (including phenoxy) is 1. The predicted molar refractivity (Wildman–Crippen MR) is 134 cm³/mol. The molecule has 0 heterocycles. The number of rotatable bonds is 19. The van der Waals surface area contributed by atoms with Gasteiger partial charge < -0.3 is 19.8 Å². The number of hydrogen-bond donors (Lipinski definition) is 2. The molecule has 0 spiro atoms. The van der Waals surface area contributed by atoms with Crippen LogP contribution in [0.5, 0.6) is 0 Å². The van der Waals surface area contributed by atoms with E-state index in [4.69, 9.17) is 4.74 Å². The highest BCUT2D eigenvalue weighted by Crippen LogP contribution is 2.36. The molecule has 4 nitrogen and oxygen atoms in total. The van der Waals surface area contributed by atoms with Gasteiger partial charge in [-0.1, -0.05) is 72.8 Å². The molecule has 3 atom stereocenters. The van der Waals surface area contributed by atoms with Crippen LogP contribution in [0.25, 0.3) is 0 Å². The minimum Gasteiger partial charge on any atom is -0.509 e. The Labute approximate surface area is 193 Å². The summed E-state index contributed by atoms with van der Waals surface area (Å²) in [5.74, 6) is 3.27. The summed E-state index contributed by atoms with van der Waals surface area (Å²) in [4.78, 5) is 1.92. The zero-order valence-electron chi connectivity index (χ0n) is 21.7. The predicted octanol–water partition coefficient (Wildman–Crippen LogP) is 7.65. The Morgan fingerprint density at radius 2 is 1.68 bits per heavy atom. The van der Waals surface area contributed by atoms with Crippen LogP contribution < -0.4 is 0 Å². The SMILES string of the molecule is C/C=C/N(CO)CCCCCCO/C(=C(/C)O)C(CCCCC)C(C)C(C)CC(C)C. The fraction of sp³-hybridized carbons (Fsp3) is 0.852. The van der Waals surface area contributed by atoms with Crippen LogP contribution in [-0.4, -0.2) is 35.0 Å². The van der Waals surface area contributed by atoms with E-state index in [9.17, 15) is 10.2 Å². The van der Waals surface area contributed by atoms with Crippen molar-refractivity contribution < 1.29 is 14.9 Å². The van der Waals surface area contributed by atoms with E-state index >= 15 is 0 Å². The molecule has 31 heavy (non-hydrogen) atoms. The second-order valence-electron chi connectivity index (χ2n) is 9.72. The monoisotopic (exact) mass is 439 g/mol. The van der Waals surface area contributed by atoms with Gasteiger partial charge >= 0.3 is 0 Å². The number of aliphatic hydroxyl groups is 2. The first-order chi connectivity index (χ1) is 14.8. The van der Waals surface area contributed by atoms with Gasteiger partial charge in [0.25, 0.3) is 0 Å². The van der Waals surface area contributed by atoms with Crippen molar-refractivity contribution in [1.82, 2.24) is 4.90 Å². The molecule has 184 valence electrons. The molecule has 0 aliphatic heterocycles. The van der Waals surface area contributed by atoms with E-state index in [0.29, 0.717) is 36.0 Å². The first kappa shape index (κ1) is 29.8. The van der Waals surface area contributed by atoms with Crippen molar-refractivity contribution in [2.24, 2.45) is 23.7 Å². The lowest BCUT2D eigenvalue weighted by Gasteiger charge is -2.32. The molecule has 0 radical (unpaired) electrons. The molecule has 0 fully saturated rings. The summed E-state index contributed by atoms with van der Waals surface area (Å²) in [6.07, 6.45) is 14.1. The van der Waals surface area contributed by atoms with E-state index in [0.717, 1.165) is 44.4 Å². The van der Waals surface area contributed by atoms with Crippen molar-refractivity contribution >= 4 is 0 Å². The Morgan fingerprint density at radius 1 is 1.00 bits per heavy atom. The molecule has 0 amide bonds. The number of unbranched alkanes of at least 4 members (excludes halogenated alkanes) is 5. The zero-order valence-corrected chi connectivity index (χ0v) is 21.7. The van der Waals surface area contributed by atoms with Crippen LogP contribution in [-0.2, 0) is 4.74 Å². The average Bonchev–Trinajstić information content (AvgIpc) is 2.71. The molecule has 4 heteroatoms. The molecular formula is C27H53NO3. The number of nitrogens with zero attached hydrogens (tertiary/aromatic N) is 1. The van der Waals surface area contributed by atoms with E-state index in [1.54, 1.807) is 6.92 Å². The maximum absolute atomic E-state index is 10.5. The van der Waals surface area contributed by atoms with Gasteiger partial charge in [0, 0.05) is 12.5 Å². The van der Waals surface area contributed by atoms with Crippen LogP contribution in [0.3, 0.4) is 0 Å². The fourth-order valence-corrected chi connectivity index (χ4v) is 4.44. The third-order valence-electron chi connectivity index (χ3n) is 6.33. The average molecular weight is 440 g/mol. The van der Waals surface area contributed by atoms with Gasteiger partial charge in [-0.05, 0) is 63.5 Å². The lowest BCUT2D eigenvalue weighted by molar-refractivity contribution is 0.110. The van der Waals surface area contributed by atoms with Crippen molar-refractivity contribution in [2.75, 3.05) is 19.9 Å². The summed E-state index contributed by atoms with van der Waals surface area (Å²) >= 11 is 0. The van der Waals surface area contributed by atoms with Crippen LogP contribution in [0.4, 0.5) is 0 Å². The highest BCUT2D eigenvalue weighted by atomic mass is 16.5. The van der Waals surface area contributed by atoms with Gasteiger partial charge in [0.1, 0.15) is 18.2 Å². The van der Waals surface area contributed by atoms with Crippen molar-refractivity contribution in [3.8, 4) is 0 Å². The maximum Gasteiger partial charge on any atom is 0.136 e. The molecule has 0 saturated carbocycles. The van der Waals surface area contributed by atoms with E-state index in [1.165, 1.54) is 25.7 Å². The summed E-state index contributed by atoms with van der Waals surface area (Å²) in [6.45, 7) is 16.9. The molecule has 0 saturated heterocycles. The number of allylic oxidation sites excluding steroid dienone is 3. The topological polar surface area (TPSA) is 52.9 Å². The summed E-state index contributed by atoms with van der Waals surface area (Å²) in [5, 5.41) is 19.7. The first-order valence-corrected chi connectivity index (χ1v) is 12.8. The largest absolute Gasteiger partial charge is 0.509 e. The van der Waals surface area contributed by atoms with Gasteiger partial charge in [-0.3, -0.25) is 0 Å². The van der Waals surface area contributed by atoms with Crippen LogP contribution in [0.1, 0.15) is 106 Å². The second-order valence-corrected chi connectivity index (χ2v) is 9.72. The summed E-state index contributed by atoms with van der Waals surface area (Å²) in [7, 11) is 0. The van der Waals surface area contributed by atoms with Gasteiger partial charge in [0.15, 0.2) is 0 Å². The first-order valence-electron chi connectivity index (χ1n) is 12.8. The highest BCUT2D eigenvalue weighted by Gasteiger charge is 2.29. The molecular weight excluding hydrogens is 386 g/mol. The molecule has 0 aromatic heterocycles. The third kappa shape index (κ3) is 13.8. The van der Waals surface area contributed by atoms with E-state index in [2.05, 4.69) is 34.6 Å². The quantitative estimate of drug-likeness (QED) is 0.123. The minimum absolute atomic E-state index is 0.0736. The molecule has 0 aliphatic rings. The minimum atomic E-state index is 0.0736. The Hall–Kier alpha value is -1.16. The Balaban J connectivity index is 4.72. The summed E-state index contributed by atoms with van der Waals surface area (Å²) in [5.41, 5.74) is 0. The van der Waals surface area contributed by atoms with Gasteiger partial charge in [-0.2, -0.15) is 0 Å². The van der Waals surface area contributed by atoms with Gasteiger partial charge in [-0.15, -0.1) is 0 Å². The molecule has 2 N–H and O–H groups in total. The van der Waals surface area contributed by atoms with E-state index in [-0.39, 0.29) is 6.73 Å². The molecule has 3 unspecified atom stereocenters. The smallest absolute Gasteiger partial charge is 0.136 e. The zero-order chi connectivity index (χ0) is 23.6. The van der Waals surface area contributed by atoms with Gasteiger partial charge in [0.2, 0.25) is 0 Å². The van der Waals surface area contributed by atoms with Crippen molar-refractivity contribution in [1.29, 1.82) is 0 Å². The lowest BCUT2D eigenvalue weighted by Crippen LogP contribution is -2.24. The standard InChI is InChI=1S/C27H53NO3/c1-8-10-13-16-26(24(6)23(5)20-22(3)4)27(25(7)30)31-19-15-12-11-14-18-28(21-29)17-9-2/h9,17,22-24,26,29-30H,8,10-16,18-21H2,1-7H3/b17-9+,27-25-. The van der Waals surface area contributed by atoms with Crippen LogP contribution in [0, 0.1) is 23.7 Å². The second kappa shape index (κ2) is 18.4. The Morgan fingerprint density at radius 3 is 2.23 bits per heavy atom.